The van der Waals surface area contributed by atoms with Gasteiger partial charge in [-0.15, -0.1) is 0 Å². The van der Waals surface area contributed by atoms with Gasteiger partial charge in [-0.3, -0.25) is 9.78 Å². The van der Waals surface area contributed by atoms with Crippen LogP contribution in [0.2, 0.25) is 0 Å². The smallest absolute Gasteiger partial charge is 0.272 e. The standard InChI is InChI=1S/C16H25N3O/c1-4-17-14-5-8-18-15(11-14)16(20)19-9-6-13(7-10-19)12(2)3/h5,8,11-13H,4,6-7,9-10H2,1-3H3,(H,17,18). The van der Waals surface area contributed by atoms with Crippen molar-refractivity contribution in [1.82, 2.24) is 9.88 Å². The Labute approximate surface area is 121 Å². The Hall–Kier alpha value is -1.58. The van der Waals surface area contributed by atoms with Crippen molar-refractivity contribution in [1.29, 1.82) is 0 Å². The second-order valence-corrected chi connectivity index (χ2v) is 5.83. The quantitative estimate of drug-likeness (QED) is 0.918. The second-order valence-electron chi connectivity index (χ2n) is 5.83. The Morgan fingerprint density at radius 1 is 1.45 bits per heavy atom. The largest absolute Gasteiger partial charge is 0.385 e. The van der Waals surface area contributed by atoms with Gasteiger partial charge < -0.3 is 10.2 Å². The van der Waals surface area contributed by atoms with Gasteiger partial charge in [0.2, 0.25) is 0 Å². The molecule has 1 aliphatic rings. The SMILES string of the molecule is CCNc1ccnc(C(=O)N2CCC(C(C)C)CC2)c1. The molecule has 20 heavy (non-hydrogen) atoms. The molecule has 1 aromatic heterocycles. The van der Waals surface area contributed by atoms with Crippen molar-refractivity contribution in [2.75, 3.05) is 25.0 Å². The first-order valence-electron chi connectivity index (χ1n) is 7.61. The van der Waals surface area contributed by atoms with E-state index in [-0.39, 0.29) is 5.91 Å². The number of pyridine rings is 1. The molecule has 0 aromatic carbocycles. The van der Waals surface area contributed by atoms with Gasteiger partial charge in [0, 0.05) is 31.5 Å². The van der Waals surface area contributed by atoms with Crippen LogP contribution < -0.4 is 5.32 Å². The molecule has 2 heterocycles. The minimum Gasteiger partial charge on any atom is -0.385 e. The number of rotatable bonds is 4. The molecule has 0 aliphatic carbocycles. The van der Waals surface area contributed by atoms with E-state index in [1.54, 1.807) is 6.20 Å². The molecule has 110 valence electrons. The summed E-state index contributed by atoms with van der Waals surface area (Å²) in [5, 5.41) is 3.22. The van der Waals surface area contributed by atoms with E-state index in [1.807, 2.05) is 24.0 Å². The molecular formula is C16H25N3O. The van der Waals surface area contributed by atoms with Crippen LogP contribution in [0.1, 0.15) is 44.1 Å². The van der Waals surface area contributed by atoms with E-state index < -0.39 is 0 Å². The number of amides is 1. The third-order valence-corrected chi connectivity index (χ3v) is 4.13. The number of piperidine rings is 1. The molecule has 1 N–H and O–H groups in total. The van der Waals surface area contributed by atoms with Gasteiger partial charge in [0.15, 0.2) is 0 Å². The number of hydrogen-bond acceptors (Lipinski definition) is 3. The summed E-state index contributed by atoms with van der Waals surface area (Å²) in [7, 11) is 0. The van der Waals surface area contributed by atoms with Crippen LogP contribution in [0.4, 0.5) is 5.69 Å². The third-order valence-electron chi connectivity index (χ3n) is 4.13. The fourth-order valence-corrected chi connectivity index (χ4v) is 2.79. The van der Waals surface area contributed by atoms with E-state index >= 15 is 0 Å². The van der Waals surface area contributed by atoms with E-state index in [2.05, 4.69) is 24.1 Å². The molecule has 1 aromatic rings. The molecule has 1 amide bonds. The predicted octanol–water partition coefficient (Wildman–Crippen LogP) is 3.02. The molecule has 1 aliphatic heterocycles. The van der Waals surface area contributed by atoms with Crippen LogP contribution in [0.15, 0.2) is 18.3 Å². The van der Waals surface area contributed by atoms with E-state index in [0.717, 1.165) is 44.1 Å². The highest BCUT2D eigenvalue weighted by Gasteiger charge is 2.25. The first-order valence-corrected chi connectivity index (χ1v) is 7.61. The Balaban J connectivity index is 2.00. The van der Waals surface area contributed by atoms with Crippen LogP contribution in [0.5, 0.6) is 0 Å². The summed E-state index contributed by atoms with van der Waals surface area (Å²) in [5.41, 5.74) is 1.51. The summed E-state index contributed by atoms with van der Waals surface area (Å²) in [4.78, 5) is 18.6. The fraction of sp³-hybridized carbons (Fsp3) is 0.625. The van der Waals surface area contributed by atoms with Crippen LogP contribution in [-0.4, -0.2) is 35.4 Å². The number of hydrogen-bond donors (Lipinski definition) is 1. The van der Waals surface area contributed by atoms with Gasteiger partial charge >= 0.3 is 0 Å². The lowest BCUT2D eigenvalue weighted by Crippen LogP contribution is -2.39. The molecular weight excluding hydrogens is 250 g/mol. The highest BCUT2D eigenvalue weighted by Crippen LogP contribution is 2.25. The lowest BCUT2D eigenvalue weighted by molar-refractivity contribution is 0.0662. The maximum absolute atomic E-state index is 12.5. The number of carbonyl (C=O) groups is 1. The summed E-state index contributed by atoms with van der Waals surface area (Å²) in [6.45, 7) is 9.13. The van der Waals surface area contributed by atoms with Crippen molar-refractivity contribution in [3.8, 4) is 0 Å². The van der Waals surface area contributed by atoms with Crippen molar-refractivity contribution in [3.05, 3.63) is 24.0 Å². The Morgan fingerprint density at radius 3 is 2.75 bits per heavy atom. The average molecular weight is 275 g/mol. The highest BCUT2D eigenvalue weighted by molar-refractivity contribution is 5.93. The topological polar surface area (TPSA) is 45.2 Å². The molecule has 4 nitrogen and oxygen atoms in total. The number of aromatic nitrogens is 1. The van der Waals surface area contributed by atoms with Crippen LogP contribution in [0.25, 0.3) is 0 Å². The molecule has 0 unspecified atom stereocenters. The minimum atomic E-state index is 0.0620. The Bertz CT molecular complexity index is 451. The van der Waals surface area contributed by atoms with E-state index in [0.29, 0.717) is 11.6 Å². The van der Waals surface area contributed by atoms with Gasteiger partial charge in [-0.25, -0.2) is 0 Å². The van der Waals surface area contributed by atoms with Crippen molar-refractivity contribution in [2.24, 2.45) is 11.8 Å². The molecule has 4 heteroatoms. The lowest BCUT2D eigenvalue weighted by atomic mass is 9.86. The van der Waals surface area contributed by atoms with E-state index in [9.17, 15) is 4.79 Å². The Kier molecular flexibility index (Phi) is 4.99. The Morgan fingerprint density at radius 2 is 2.15 bits per heavy atom. The van der Waals surface area contributed by atoms with Crippen molar-refractivity contribution in [2.45, 2.75) is 33.6 Å². The summed E-state index contributed by atoms with van der Waals surface area (Å²) in [6, 6.07) is 3.74. The fourth-order valence-electron chi connectivity index (χ4n) is 2.79. The molecule has 1 saturated heterocycles. The molecule has 0 bridgehead atoms. The summed E-state index contributed by atoms with van der Waals surface area (Å²) in [5.74, 6) is 1.52. The summed E-state index contributed by atoms with van der Waals surface area (Å²) >= 11 is 0. The van der Waals surface area contributed by atoms with Crippen molar-refractivity contribution in [3.63, 3.8) is 0 Å². The van der Waals surface area contributed by atoms with Crippen molar-refractivity contribution >= 4 is 11.6 Å². The molecule has 0 spiro atoms. The first kappa shape index (κ1) is 14.8. The van der Waals surface area contributed by atoms with Crippen LogP contribution in [0, 0.1) is 11.8 Å². The molecule has 0 saturated carbocycles. The zero-order valence-corrected chi connectivity index (χ0v) is 12.7. The average Bonchev–Trinajstić information content (AvgIpc) is 2.47. The summed E-state index contributed by atoms with van der Waals surface area (Å²) in [6.07, 6.45) is 3.92. The van der Waals surface area contributed by atoms with Crippen LogP contribution in [-0.2, 0) is 0 Å². The number of nitrogens with zero attached hydrogens (tertiary/aromatic N) is 2. The van der Waals surface area contributed by atoms with Gasteiger partial charge in [0.05, 0.1) is 0 Å². The zero-order chi connectivity index (χ0) is 14.5. The zero-order valence-electron chi connectivity index (χ0n) is 12.7. The number of carbonyl (C=O) groups excluding carboxylic acids is 1. The highest BCUT2D eigenvalue weighted by atomic mass is 16.2. The summed E-state index contributed by atoms with van der Waals surface area (Å²) < 4.78 is 0. The maximum atomic E-state index is 12.5. The molecule has 2 rings (SSSR count). The second kappa shape index (κ2) is 6.73. The first-order chi connectivity index (χ1) is 9.61. The van der Waals surface area contributed by atoms with Gasteiger partial charge in [-0.05, 0) is 43.7 Å². The van der Waals surface area contributed by atoms with Gasteiger partial charge in [-0.2, -0.15) is 0 Å². The van der Waals surface area contributed by atoms with Crippen LogP contribution >= 0.6 is 0 Å². The monoisotopic (exact) mass is 275 g/mol. The third kappa shape index (κ3) is 3.50. The van der Waals surface area contributed by atoms with Gasteiger partial charge in [-0.1, -0.05) is 13.8 Å². The number of likely N-dealkylation sites (tertiary alicyclic amines) is 1. The lowest BCUT2D eigenvalue weighted by Gasteiger charge is -2.33. The minimum absolute atomic E-state index is 0.0620. The molecule has 1 fully saturated rings. The van der Waals surface area contributed by atoms with Crippen LogP contribution in [0.3, 0.4) is 0 Å². The van der Waals surface area contributed by atoms with E-state index in [4.69, 9.17) is 0 Å². The van der Waals surface area contributed by atoms with Gasteiger partial charge in [0.25, 0.3) is 5.91 Å². The number of nitrogens with one attached hydrogen (secondary N) is 1. The molecule has 0 radical (unpaired) electrons. The predicted molar refractivity (Wildman–Crippen MR) is 81.9 cm³/mol. The van der Waals surface area contributed by atoms with Gasteiger partial charge in [0.1, 0.15) is 5.69 Å². The number of anilines is 1. The normalized spacial score (nSPS) is 16.5. The van der Waals surface area contributed by atoms with E-state index in [1.165, 1.54) is 0 Å². The van der Waals surface area contributed by atoms with Crippen molar-refractivity contribution < 1.29 is 4.79 Å². The molecule has 0 atom stereocenters. The maximum Gasteiger partial charge on any atom is 0.272 e.